The molecule has 0 amide bonds. The predicted octanol–water partition coefficient (Wildman–Crippen LogP) is 5.25. The van der Waals surface area contributed by atoms with E-state index in [1.807, 2.05) is 26.0 Å². The van der Waals surface area contributed by atoms with Crippen molar-refractivity contribution in [1.29, 1.82) is 0 Å². The first kappa shape index (κ1) is 25.7. The van der Waals surface area contributed by atoms with Gasteiger partial charge in [-0.05, 0) is 35.7 Å². The second kappa shape index (κ2) is 9.25. The van der Waals surface area contributed by atoms with Gasteiger partial charge in [0.25, 0.3) is 0 Å². The zero-order chi connectivity index (χ0) is 25.6. The fourth-order valence-corrected chi connectivity index (χ4v) is 7.04. The lowest BCUT2D eigenvalue weighted by atomic mass is 9.39. The van der Waals surface area contributed by atoms with Crippen molar-refractivity contribution in [3.8, 4) is 5.75 Å². The van der Waals surface area contributed by atoms with Crippen molar-refractivity contribution < 1.29 is 14.6 Å². The third-order valence-electron chi connectivity index (χ3n) is 8.59. The topological polar surface area (TPSA) is 53.0 Å². The van der Waals surface area contributed by atoms with E-state index in [0.29, 0.717) is 5.75 Å². The molecular weight excluding hydrogens is 436 g/mol. The summed E-state index contributed by atoms with van der Waals surface area (Å²) in [6, 6.07) is 16.4. The van der Waals surface area contributed by atoms with E-state index < -0.39 is 5.60 Å². The number of aliphatic hydroxyl groups is 1. The molecule has 35 heavy (non-hydrogen) atoms. The Morgan fingerprint density at radius 2 is 1.54 bits per heavy atom. The van der Waals surface area contributed by atoms with Crippen LogP contribution < -0.4 is 9.64 Å². The molecule has 1 aliphatic heterocycles. The lowest BCUT2D eigenvalue weighted by Crippen LogP contribution is -2.79. The van der Waals surface area contributed by atoms with E-state index in [0.717, 1.165) is 38.2 Å². The molecule has 190 valence electrons. The van der Waals surface area contributed by atoms with E-state index >= 15 is 0 Å². The summed E-state index contributed by atoms with van der Waals surface area (Å²) in [6.45, 7) is 18.6. The Morgan fingerprint density at radius 3 is 2.09 bits per heavy atom. The zero-order valence-corrected chi connectivity index (χ0v) is 22.5. The van der Waals surface area contributed by atoms with E-state index in [1.54, 1.807) is 12.1 Å². The first-order valence-electron chi connectivity index (χ1n) is 13.1. The first-order valence-corrected chi connectivity index (χ1v) is 13.1. The molecule has 0 atom stereocenters. The number of piperazine rings is 1. The first-order chi connectivity index (χ1) is 16.4. The van der Waals surface area contributed by atoms with Gasteiger partial charge in [0, 0.05) is 48.7 Å². The van der Waals surface area contributed by atoms with Crippen LogP contribution in [0.25, 0.3) is 0 Å². The second-order valence-electron chi connectivity index (χ2n) is 11.7. The van der Waals surface area contributed by atoms with E-state index in [1.165, 1.54) is 11.3 Å². The van der Waals surface area contributed by atoms with Gasteiger partial charge in [0.05, 0.1) is 5.92 Å². The Balaban J connectivity index is 1.50. The summed E-state index contributed by atoms with van der Waals surface area (Å²) in [5.41, 5.74) is 1.98. The Bertz CT molecular complexity index is 1030. The third kappa shape index (κ3) is 4.07. The maximum Gasteiger partial charge on any atom is 0.313 e. The van der Waals surface area contributed by atoms with Crippen LogP contribution in [0.5, 0.6) is 5.75 Å². The van der Waals surface area contributed by atoms with Crippen molar-refractivity contribution in [1.82, 2.24) is 4.90 Å². The molecule has 5 heteroatoms. The molecule has 1 heterocycles. The van der Waals surface area contributed by atoms with Crippen molar-refractivity contribution in [3.63, 3.8) is 0 Å². The summed E-state index contributed by atoms with van der Waals surface area (Å²) >= 11 is 0. The molecule has 0 aromatic heterocycles. The largest absolute Gasteiger partial charge is 0.426 e. The maximum atomic E-state index is 12.2. The van der Waals surface area contributed by atoms with Gasteiger partial charge in [0.1, 0.15) is 11.4 Å². The second-order valence-corrected chi connectivity index (χ2v) is 11.7. The minimum absolute atomic E-state index is 0.181. The standard InChI is InChI=1S/C30H42N2O3/c1-8-22-11-9-10-12-25(22)31-17-19-32(20-18-31)27-28(4,5)30(34,29(27,6)7)23-13-15-24(16-14-23)35-26(33)21(2)3/h9-16,21,27,34H,8,17-20H2,1-7H3. The number of carbonyl (C=O) groups is 1. The van der Waals surface area contributed by atoms with Crippen molar-refractivity contribution in [2.24, 2.45) is 16.7 Å². The number of rotatable bonds is 6. The smallest absolute Gasteiger partial charge is 0.313 e. The highest BCUT2D eigenvalue weighted by atomic mass is 16.5. The van der Waals surface area contributed by atoms with Crippen molar-refractivity contribution in [2.45, 2.75) is 66.5 Å². The minimum Gasteiger partial charge on any atom is -0.426 e. The van der Waals surface area contributed by atoms with Crippen LogP contribution in [-0.2, 0) is 16.8 Å². The van der Waals surface area contributed by atoms with Crippen LogP contribution in [0, 0.1) is 16.7 Å². The molecule has 0 radical (unpaired) electrons. The van der Waals surface area contributed by atoms with Crippen LogP contribution in [0.4, 0.5) is 5.69 Å². The average molecular weight is 479 g/mol. The number of esters is 1. The molecule has 0 unspecified atom stereocenters. The summed E-state index contributed by atoms with van der Waals surface area (Å²) in [4.78, 5) is 17.0. The number of hydrogen-bond donors (Lipinski definition) is 1. The number of ether oxygens (including phenoxy) is 1. The number of hydrogen-bond acceptors (Lipinski definition) is 5. The van der Waals surface area contributed by atoms with Crippen molar-refractivity contribution >= 4 is 11.7 Å². The van der Waals surface area contributed by atoms with Gasteiger partial charge in [0.2, 0.25) is 0 Å². The van der Waals surface area contributed by atoms with E-state index in [9.17, 15) is 9.90 Å². The van der Waals surface area contributed by atoms with E-state index in [2.05, 4.69) is 68.7 Å². The fraction of sp³-hybridized carbons (Fsp3) is 0.567. The highest BCUT2D eigenvalue weighted by Gasteiger charge is 2.73. The Kier molecular flexibility index (Phi) is 6.80. The molecule has 5 nitrogen and oxygen atoms in total. The predicted molar refractivity (Wildman–Crippen MR) is 142 cm³/mol. The molecule has 0 spiro atoms. The van der Waals surface area contributed by atoms with Crippen molar-refractivity contribution in [2.75, 3.05) is 31.1 Å². The van der Waals surface area contributed by atoms with Gasteiger partial charge in [0.15, 0.2) is 0 Å². The van der Waals surface area contributed by atoms with Crippen LogP contribution in [0.2, 0.25) is 0 Å². The summed E-state index contributed by atoms with van der Waals surface area (Å²) in [5, 5.41) is 12.2. The molecule has 1 saturated heterocycles. The Hall–Kier alpha value is -2.37. The normalized spacial score (nSPS) is 25.9. The molecule has 1 aliphatic carbocycles. The lowest BCUT2D eigenvalue weighted by molar-refractivity contribution is -0.307. The van der Waals surface area contributed by atoms with Gasteiger partial charge in [-0.2, -0.15) is 0 Å². The molecule has 2 aromatic carbocycles. The van der Waals surface area contributed by atoms with E-state index in [-0.39, 0.29) is 28.8 Å². The van der Waals surface area contributed by atoms with Gasteiger partial charge in [-0.3, -0.25) is 9.69 Å². The number of aryl methyl sites for hydroxylation is 1. The number of benzene rings is 2. The Morgan fingerprint density at radius 1 is 0.971 bits per heavy atom. The lowest BCUT2D eigenvalue weighted by Gasteiger charge is -2.72. The number of para-hydroxylation sites is 1. The van der Waals surface area contributed by atoms with Gasteiger partial charge in [-0.25, -0.2) is 0 Å². The molecule has 2 fully saturated rings. The number of anilines is 1. The SMILES string of the molecule is CCc1ccccc1N1CCN(C2C(C)(C)C(O)(c3ccc(OC(=O)C(C)C)cc3)C2(C)C)CC1. The summed E-state index contributed by atoms with van der Waals surface area (Å²) in [7, 11) is 0. The molecule has 0 bridgehead atoms. The highest BCUT2D eigenvalue weighted by molar-refractivity contribution is 5.74. The van der Waals surface area contributed by atoms with Gasteiger partial charge in [-0.1, -0.05) is 78.8 Å². The molecule has 4 rings (SSSR count). The quantitative estimate of drug-likeness (QED) is 0.454. The van der Waals surface area contributed by atoms with Crippen LogP contribution >= 0.6 is 0 Å². The summed E-state index contributed by atoms with van der Waals surface area (Å²) < 4.78 is 5.44. The average Bonchev–Trinajstić information content (AvgIpc) is 2.83. The minimum atomic E-state index is -0.989. The third-order valence-corrected chi connectivity index (χ3v) is 8.59. The monoisotopic (exact) mass is 478 g/mol. The van der Waals surface area contributed by atoms with Gasteiger partial charge >= 0.3 is 5.97 Å². The number of nitrogens with zero attached hydrogens (tertiary/aromatic N) is 2. The molecule has 1 saturated carbocycles. The van der Waals surface area contributed by atoms with Crippen molar-refractivity contribution in [3.05, 3.63) is 59.7 Å². The fourth-order valence-electron chi connectivity index (χ4n) is 7.04. The highest BCUT2D eigenvalue weighted by Crippen LogP contribution is 2.68. The Labute approximate surface area is 211 Å². The van der Waals surface area contributed by atoms with Crippen LogP contribution in [0.1, 0.15) is 59.6 Å². The van der Waals surface area contributed by atoms with Crippen LogP contribution in [-0.4, -0.2) is 48.2 Å². The summed E-state index contributed by atoms with van der Waals surface area (Å²) in [5.74, 6) is 0.0904. The maximum absolute atomic E-state index is 12.2. The molecule has 2 aromatic rings. The van der Waals surface area contributed by atoms with Gasteiger partial charge < -0.3 is 14.7 Å². The molecular formula is C30H42N2O3. The zero-order valence-electron chi connectivity index (χ0n) is 22.5. The van der Waals surface area contributed by atoms with Crippen LogP contribution in [0.15, 0.2) is 48.5 Å². The summed E-state index contributed by atoms with van der Waals surface area (Å²) in [6.07, 6.45) is 1.04. The van der Waals surface area contributed by atoms with E-state index in [4.69, 9.17) is 4.74 Å². The molecule has 2 aliphatic rings. The van der Waals surface area contributed by atoms with Crippen LogP contribution in [0.3, 0.4) is 0 Å². The van der Waals surface area contributed by atoms with Gasteiger partial charge in [-0.15, -0.1) is 0 Å². The number of carbonyl (C=O) groups excluding carboxylic acids is 1. The molecule has 1 N–H and O–H groups in total.